The summed E-state index contributed by atoms with van der Waals surface area (Å²) in [5.74, 6) is -0.141. The minimum Gasteiger partial charge on any atom is -0.506 e. The largest absolute Gasteiger partial charge is 0.506 e. The molecule has 0 bridgehead atoms. The first kappa shape index (κ1) is 12.4. The SMILES string of the molecule is OC1=C(c2ccncc2)N(c2cccc(F)c2)CC=C1. The number of aromatic nitrogens is 1. The van der Waals surface area contributed by atoms with Gasteiger partial charge in [-0.15, -0.1) is 0 Å². The molecule has 0 aliphatic carbocycles. The van der Waals surface area contributed by atoms with Gasteiger partial charge in [0.25, 0.3) is 0 Å². The first-order valence-electron chi connectivity index (χ1n) is 6.29. The molecular formula is C16H13FN2O. The molecular weight excluding hydrogens is 255 g/mol. The standard InChI is InChI=1S/C16H13FN2O/c17-13-3-1-4-14(11-13)19-10-2-5-15(20)16(19)12-6-8-18-9-7-12/h1-9,11,20H,10H2. The second-order valence-electron chi connectivity index (χ2n) is 4.46. The number of aliphatic hydroxyl groups is 1. The highest BCUT2D eigenvalue weighted by molar-refractivity contribution is 5.83. The van der Waals surface area contributed by atoms with Gasteiger partial charge in [0.05, 0.1) is 5.70 Å². The van der Waals surface area contributed by atoms with Gasteiger partial charge in [0.2, 0.25) is 0 Å². The quantitative estimate of drug-likeness (QED) is 0.905. The Morgan fingerprint density at radius 1 is 1.15 bits per heavy atom. The van der Waals surface area contributed by atoms with Crippen LogP contribution in [0.3, 0.4) is 0 Å². The fourth-order valence-corrected chi connectivity index (χ4v) is 2.27. The molecule has 0 unspecified atom stereocenters. The number of halogens is 1. The Kier molecular flexibility index (Phi) is 3.21. The van der Waals surface area contributed by atoms with Crippen LogP contribution in [0.1, 0.15) is 5.56 Å². The lowest BCUT2D eigenvalue weighted by Crippen LogP contribution is -2.25. The van der Waals surface area contributed by atoms with Crippen LogP contribution in [0.5, 0.6) is 0 Å². The number of hydrogen-bond acceptors (Lipinski definition) is 3. The van der Waals surface area contributed by atoms with E-state index in [4.69, 9.17) is 0 Å². The molecule has 2 aromatic rings. The minimum absolute atomic E-state index is 0.159. The van der Waals surface area contributed by atoms with E-state index in [1.807, 2.05) is 29.2 Å². The molecule has 1 aliphatic rings. The molecule has 0 saturated heterocycles. The van der Waals surface area contributed by atoms with Gasteiger partial charge in [0, 0.05) is 30.2 Å². The lowest BCUT2D eigenvalue weighted by atomic mass is 10.1. The third-order valence-electron chi connectivity index (χ3n) is 3.15. The average molecular weight is 268 g/mol. The first-order valence-corrected chi connectivity index (χ1v) is 6.29. The highest BCUT2D eigenvalue weighted by Gasteiger charge is 2.20. The predicted molar refractivity (Wildman–Crippen MR) is 76.7 cm³/mol. The molecule has 0 spiro atoms. The average Bonchev–Trinajstić information content (AvgIpc) is 2.48. The summed E-state index contributed by atoms with van der Waals surface area (Å²) in [6.45, 7) is 0.575. The van der Waals surface area contributed by atoms with Crippen molar-refractivity contribution >= 4 is 11.4 Å². The summed E-state index contributed by atoms with van der Waals surface area (Å²) < 4.78 is 13.4. The number of aliphatic hydroxyl groups excluding tert-OH is 1. The van der Waals surface area contributed by atoms with E-state index in [9.17, 15) is 9.50 Å². The number of nitrogens with zero attached hydrogens (tertiary/aromatic N) is 2. The maximum Gasteiger partial charge on any atom is 0.139 e. The summed E-state index contributed by atoms with van der Waals surface area (Å²) in [6.07, 6.45) is 6.83. The van der Waals surface area contributed by atoms with Gasteiger partial charge >= 0.3 is 0 Å². The topological polar surface area (TPSA) is 36.4 Å². The third kappa shape index (κ3) is 2.28. The number of rotatable bonds is 2. The van der Waals surface area contributed by atoms with Gasteiger partial charge in [-0.2, -0.15) is 0 Å². The van der Waals surface area contributed by atoms with Crippen molar-refractivity contribution in [3.05, 3.63) is 78.1 Å². The van der Waals surface area contributed by atoms with Crippen LogP contribution < -0.4 is 4.90 Å². The number of allylic oxidation sites excluding steroid dienone is 1. The van der Waals surface area contributed by atoms with E-state index >= 15 is 0 Å². The van der Waals surface area contributed by atoms with Crippen LogP contribution in [0, 0.1) is 5.82 Å². The first-order chi connectivity index (χ1) is 9.75. The van der Waals surface area contributed by atoms with Gasteiger partial charge in [0.1, 0.15) is 11.6 Å². The molecule has 0 amide bonds. The van der Waals surface area contributed by atoms with E-state index in [2.05, 4.69) is 4.98 Å². The summed E-state index contributed by atoms with van der Waals surface area (Å²) in [7, 11) is 0. The Hall–Kier alpha value is -2.62. The molecule has 0 saturated carbocycles. The molecule has 3 rings (SSSR count). The third-order valence-corrected chi connectivity index (χ3v) is 3.15. The highest BCUT2D eigenvalue weighted by atomic mass is 19.1. The molecule has 1 aromatic carbocycles. The van der Waals surface area contributed by atoms with Crippen LogP contribution in [0.25, 0.3) is 5.70 Å². The summed E-state index contributed by atoms with van der Waals surface area (Å²) in [4.78, 5) is 5.85. The fraction of sp³-hybridized carbons (Fsp3) is 0.0625. The Labute approximate surface area is 116 Å². The minimum atomic E-state index is -0.300. The van der Waals surface area contributed by atoms with Crippen LogP contribution >= 0.6 is 0 Å². The molecule has 1 aromatic heterocycles. The molecule has 1 aliphatic heterocycles. The van der Waals surface area contributed by atoms with Crippen molar-refractivity contribution in [2.24, 2.45) is 0 Å². The van der Waals surface area contributed by atoms with Crippen molar-refractivity contribution in [2.75, 3.05) is 11.4 Å². The normalized spacial score (nSPS) is 14.8. The van der Waals surface area contributed by atoms with Crippen LogP contribution in [0.2, 0.25) is 0 Å². The van der Waals surface area contributed by atoms with Gasteiger partial charge in [-0.05, 0) is 36.4 Å². The second kappa shape index (κ2) is 5.17. The van der Waals surface area contributed by atoms with Crippen molar-refractivity contribution in [1.82, 2.24) is 4.98 Å². The predicted octanol–water partition coefficient (Wildman–Crippen LogP) is 3.52. The molecule has 0 radical (unpaired) electrons. The van der Waals surface area contributed by atoms with Crippen molar-refractivity contribution in [2.45, 2.75) is 0 Å². The monoisotopic (exact) mass is 268 g/mol. The Morgan fingerprint density at radius 3 is 2.70 bits per heavy atom. The lowest BCUT2D eigenvalue weighted by molar-refractivity contribution is 0.431. The van der Waals surface area contributed by atoms with Gasteiger partial charge in [-0.1, -0.05) is 12.1 Å². The fourth-order valence-electron chi connectivity index (χ4n) is 2.27. The van der Waals surface area contributed by atoms with E-state index in [0.717, 1.165) is 5.56 Å². The van der Waals surface area contributed by atoms with Crippen LogP contribution in [-0.4, -0.2) is 16.6 Å². The maximum atomic E-state index is 13.4. The molecule has 2 heterocycles. The molecule has 4 heteroatoms. The van der Waals surface area contributed by atoms with E-state index < -0.39 is 0 Å². The Bertz CT molecular complexity index is 680. The van der Waals surface area contributed by atoms with E-state index in [1.165, 1.54) is 12.1 Å². The molecule has 20 heavy (non-hydrogen) atoms. The maximum absolute atomic E-state index is 13.4. The Balaban J connectivity index is 2.09. The second-order valence-corrected chi connectivity index (χ2v) is 4.46. The zero-order valence-corrected chi connectivity index (χ0v) is 10.7. The van der Waals surface area contributed by atoms with Crippen molar-refractivity contribution < 1.29 is 9.50 Å². The molecule has 100 valence electrons. The van der Waals surface area contributed by atoms with Crippen molar-refractivity contribution in [3.8, 4) is 0 Å². The number of hydrogen-bond donors (Lipinski definition) is 1. The van der Waals surface area contributed by atoms with Crippen molar-refractivity contribution in [3.63, 3.8) is 0 Å². The zero-order valence-electron chi connectivity index (χ0n) is 10.7. The summed E-state index contributed by atoms with van der Waals surface area (Å²) >= 11 is 0. The molecule has 3 nitrogen and oxygen atoms in total. The molecule has 1 N–H and O–H groups in total. The highest BCUT2D eigenvalue weighted by Crippen LogP contribution is 2.30. The van der Waals surface area contributed by atoms with Gasteiger partial charge in [-0.3, -0.25) is 4.98 Å². The van der Waals surface area contributed by atoms with Crippen LogP contribution in [-0.2, 0) is 0 Å². The van der Waals surface area contributed by atoms with E-state index in [-0.39, 0.29) is 11.6 Å². The molecule has 0 atom stereocenters. The van der Waals surface area contributed by atoms with Gasteiger partial charge in [0.15, 0.2) is 0 Å². The summed E-state index contributed by atoms with van der Waals surface area (Å²) in [5.41, 5.74) is 2.19. The smallest absolute Gasteiger partial charge is 0.139 e. The van der Waals surface area contributed by atoms with Gasteiger partial charge in [-0.25, -0.2) is 4.39 Å². The summed E-state index contributed by atoms with van der Waals surface area (Å²) in [6, 6.07) is 9.96. The lowest BCUT2D eigenvalue weighted by Gasteiger charge is -2.29. The zero-order chi connectivity index (χ0) is 13.9. The van der Waals surface area contributed by atoms with Crippen LogP contribution in [0.4, 0.5) is 10.1 Å². The Morgan fingerprint density at radius 2 is 1.95 bits per heavy atom. The van der Waals surface area contributed by atoms with E-state index in [1.54, 1.807) is 24.5 Å². The number of anilines is 1. The van der Waals surface area contributed by atoms with Crippen LogP contribution in [0.15, 0.2) is 66.7 Å². The number of pyridine rings is 1. The number of benzene rings is 1. The van der Waals surface area contributed by atoms with Crippen molar-refractivity contribution in [1.29, 1.82) is 0 Å². The van der Waals surface area contributed by atoms with Gasteiger partial charge < -0.3 is 10.0 Å². The molecule has 0 fully saturated rings. The summed E-state index contributed by atoms with van der Waals surface area (Å²) in [5, 5.41) is 10.2. The van der Waals surface area contributed by atoms with E-state index in [0.29, 0.717) is 17.9 Å².